The van der Waals surface area contributed by atoms with Gasteiger partial charge in [0.2, 0.25) is 0 Å². The van der Waals surface area contributed by atoms with Crippen LogP contribution in [-0.4, -0.2) is 17.6 Å². The molecule has 0 radical (unpaired) electrons. The number of aryl methyl sites for hydroxylation is 1. The monoisotopic (exact) mass is 240 g/mol. The summed E-state index contributed by atoms with van der Waals surface area (Å²) in [4.78, 5) is 4.56. The second-order valence-corrected chi connectivity index (χ2v) is 5.36. The largest absolute Gasteiger partial charge is 0.314 e. The lowest BCUT2D eigenvalue weighted by Crippen LogP contribution is -2.37. The molecule has 0 aliphatic rings. The Labute approximate surface area is 103 Å². The average Bonchev–Trinajstić information content (AvgIpc) is 2.66. The van der Waals surface area contributed by atoms with Gasteiger partial charge in [-0.3, -0.25) is 0 Å². The molecule has 0 aliphatic carbocycles. The van der Waals surface area contributed by atoms with E-state index in [0.29, 0.717) is 6.04 Å². The van der Waals surface area contributed by atoms with E-state index < -0.39 is 0 Å². The minimum absolute atomic E-state index is 0.585. The maximum atomic E-state index is 4.56. The fraction of sp³-hybridized carbons (Fsp3) is 0.769. The van der Waals surface area contributed by atoms with E-state index in [2.05, 4.69) is 43.4 Å². The summed E-state index contributed by atoms with van der Waals surface area (Å²) in [6.45, 7) is 9.87. The average molecular weight is 240 g/mol. The molecule has 0 saturated heterocycles. The second kappa shape index (κ2) is 7.02. The van der Waals surface area contributed by atoms with Gasteiger partial charge in [-0.15, -0.1) is 11.3 Å². The number of hydrogen-bond acceptors (Lipinski definition) is 3. The Hall–Kier alpha value is -0.410. The van der Waals surface area contributed by atoms with E-state index in [-0.39, 0.29) is 0 Å². The summed E-state index contributed by atoms with van der Waals surface area (Å²) in [6, 6.07) is 0.585. The molecule has 1 rings (SSSR count). The predicted octanol–water partition coefficient (Wildman–Crippen LogP) is 3.41. The van der Waals surface area contributed by atoms with Crippen LogP contribution in [0, 0.1) is 12.8 Å². The Morgan fingerprint density at radius 2 is 2.00 bits per heavy atom. The first kappa shape index (κ1) is 13.7. The molecular formula is C13H24N2S. The lowest BCUT2D eigenvalue weighted by Gasteiger charge is -2.25. The van der Waals surface area contributed by atoms with E-state index >= 15 is 0 Å². The number of nitrogens with one attached hydrogen (secondary N) is 1. The third kappa shape index (κ3) is 3.87. The zero-order valence-electron chi connectivity index (χ0n) is 10.9. The van der Waals surface area contributed by atoms with E-state index in [1.54, 1.807) is 11.3 Å². The van der Waals surface area contributed by atoms with Crippen LogP contribution in [0.25, 0.3) is 0 Å². The van der Waals surface area contributed by atoms with Gasteiger partial charge in [0, 0.05) is 17.8 Å². The van der Waals surface area contributed by atoms with Gasteiger partial charge >= 0.3 is 0 Å². The summed E-state index contributed by atoms with van der Waals surface area (Å²) in [5, 5.41) is 6.98. The van der Waals surface area contributed by atoms with Gasteiger partial charge in [0.05, 0.1) is 10.7 Å². The molecule has 1 heterocycles. The smallest absolute Gasteiger partial charge is 0.0897 e. The topological polar surface area (TPSA) is 24.9 Å². The maximum absolute atomic E-state index is 4.56. The van der Waals surface area contributed by atoms with E-state index in [1.807, 2.05) is 0 Å². The van der Waals surface area contributed by atoms with Crippen molar-refractivity contribution in [2.75, 3.05) is 6.54 Å². The zero-order chi connectivity index (χ0) is 12.0. The highest BCUT2D eigenvalue weighted by molar-refractivity contribution is 7.09. The number of likely N-dealkylation sites (N-methyl/N-ethyl adjacent to an activating group) is 1. The molecule has 0 bridgehead atoms. The van der Waals surface area contributed by atoms with Crippen LogP contribution in [0.1, 0.15) is 44.3 Å². The normalized spacial score (nSPS) is 13.3. The van der Waals surface area contributed by atoms with Crippen molar-refractivity contribution in [2.24, 2.45) is 5.92 Å². The molecule has 0 amide bonds. The number of hydrogen-bond donors (Lipinski definition) is 1. The molecule has 0 fully saturated rings. The SMILES string of the molecule is CCNC(Cc1csc(C)n1)C(CC)CC. The lowest BCUT2D eigenvalue weighted by atomic mass is 9.91. The molecule has 0 spiro atoms. The number of nitrogens with zero attached hydrogens (tertiary/aromatic N) is 1. The molecule has 1 aromatic heterocycles. The predicted molar refractivity (Wildman–Crippen MR) is 72.1 cm³/mol. The molecule has 3 heteroatoms. The molecule has 16 heavy (non-hydrogen) atoms. The fourth-order valence-corrected chi connectivity index (χ4v) is 2.88. The fourth-order valence-electron chi connectivity index (χ4n) is 2.25. The molecule has 1 atom stereocenters. The van der Waals surface area contributed by atoms with Crippen molar-refractivity contribution in [1.82, 2.24) is 10.3 Å². The van der Waals surface area contributed by atoms with Crippen LogP contribution in [-0.2, 0) is 6.42 Å². The van der Waals surface area contributed by atoms with Gasteiger partial charge in [-0.2, -0.15) is 0 Å². The van der Waals surface area contributed by atoms with Crippen molar-refractivity contribution in [3.63, 3.8) is 0 Å². The summed E-state index contributed by atoms with van der Waals surface area (Å²) in [7, 11) is 0. The Kier molecular flexibility index (Phi) is 5.99. The van der Waals surface area contributed by atoms with Crippen molar-refractivity contribution >= 4 is 11.3 Å². The van der Waals surface area contributed by atoms with Gasteiger partial charge < -0.3 is 5.32 Å². The van der Waals surface area contributed by atoms with Gasteiger partial charge in [0.15, 0.2) is 0 Å². The molecular weight excluding hydrogens is 216 g/mol. The molecule has 0 saturated carbocycles. The standard InChI is InChI=1S/C13H24N2S/c1-5-11(6-2)13(14-7-3)8-12-9-16-10(4)15-12/h9,11,13-14H,5-8H2,1-4H3. The van der Waals surface area contributed by atoms with Crippen LogP contribution in [0.3, 0.4) is 0 Å². The van der Waals surface area contributed by atoms with Gasteiger partial charge in [-0.1, -0.05) is 33.6 Å². The number of thiazole rings is 1. The van der Waals surface area contributed by atoms with Gasteiger partial charge in [0.1, 0.15) is 0 Å². The van der Waals surface area contributed by atoms with Crippen LogP contribution in [0.5, 0.6) is 0 Å². The van der Waals surface area contributed by atoms with Crippen LogP contribution < -0.4 is 5.32 Å². The summed E-state index contributed by atoms with van der Waals surface area (Å²) < 4.78 is 0. The van der Waals surface area contributed by atoms with Crippen molar-refractivity contribution in [3.8, 4) is 0 Å². The third-order valence-electron chi connectivity index (χ3n) is 3.18. The molecule has 1 N–H and O–H groups in total. The first-order valence-electron chi connectivity index (χ1n) is 6.35. The summed E-state index contributed by atoms with van der Waals surface area (Å²) in [5.41, 5.74) is 1.25. The molecule has 1 unspecified atom stereocenters. The highest BCUT2D eigenvalue weighted by Gasteiger charge is 2.18. The van der Waals surface area contributed by atoms with Crippen LogP contribution in [0.15, 0.2) is 5.38 Å². The van der Waals surface area contributed by atoms with E-state index in [9.17, 15) is 0 Å². The Balaban J connectivity index is 2.63. The first-order valence-corrected chi connectivity index (χ1v) is 7.23. The van der Waals surface area contributed by atoms with Gasteiger partial charge in [0.25, 0.3) is 0 Å². The van der Waals surface area contributed by atoms with Crippen LogP contribution in [0.4, 0.5) is 0 Å². The number of rotatable bonds is 7. The summed E-state index contributed by atoms with van der Waals surface area (Å²) in [6.07, 6.45) is 3.57. The minimum Gasteiger partial charge on any atom is -0.314 e. The molecule has 0 aliphatic heterocycles. The quantitative estimate of drug-likeness (QED) is 0.790. The van der Waals surface area contributed by atoms with Crippen molar-refractivity contribution in [2.45, 2.75) is 53.0 Å². The second-order valence-electron chi connectivity index (χ2n) is 4.30. The lowest BCUT2D eigenvalue weighted by molar-refractivity contribution is 0.335. The van der Waals surface area contributed by atoms with E-state index in [4.69, 9.17) is 0 Å². The molecule has 1 aromatic rings. The van der Waals surface area contributed by atoms with Crippen LogP contribution in [0.2, 0.25) is 0 Å². The van der Waals surface area contributed by atoms with E-state index in [0.717, 1.165) is 18.9 Å². The van der Waals surface area contributed by atoms with Crippen molar-refractivity contribution in [3.05, 3.63) is 16.1 Å². The maximum Gasteiger partial charge on any atom is 0.0897 e. The zero-order valence-corrected chi connectivity index (χ0v) is 11.7. The van der Waals surface area contributed by atoms with E-state index in [1.165, 1.54) is 23.5 Å². The molecule has 92 valence electrons. The highest BCUT2D eigenvalue weighted by atomic mass is 32.1. The molecule has 0 aromatic carbocycles. The van der Waals surface area contributed by atoms with Crippen molar-refractivity contribution in [1.29, 1.82) is 0 Å². The van der Waals surface area contributed by atoms with Crippen LogP contribution >= 0.6 is 11.3 Å². The number of aromatic nitrogens is 1. The summed E-state index contributed by atoms with van der Waals surface area (Å²) >= 11 is 1.75. The Bertz CT molecular complexity index is 292. The highest BCUT2D eigenvalue weighted by Crippen LogP contribution is 2.18. The summed E-state index contributed by atoms with van der Waals surface area (Å²) in [5.74, 6) is 0.766. The third-order valence-corrected chi connectivity index (χ3v) is 4.00. The van der Waals surface area contributed by atoms with Gasteiger partial charge in [-0.25, -0.2) is 4.98 Å². The van der Waals surface area contributed by atoms with Gasteiger partial charge in [-0.05, 0) is 19.4 Å². The van der Waals surface area contributed by atoms with Crippen molar-refractivity contribution < 1.29 is 0 Å². The first-order chi connectivity index (χ1) is 7.71. The molecule has 2 nitrogen and oxygen atoms in total. The Morgan fingerprint density at radius 1 is 1.31 bits per heavy atom. The minimum atomic E-state index is 0.585. The Morgan fingerprint density at radius 3 is 2.44 bits per heavy atom.